The van der Waals surface area contributed by atoms with Gasteiger partial charge in [0.1, 0.15) is 5.75 Å². The highest BCUT2D eigenvalue weighted by Crippen LogP contribution is 2.26. The Labute approximate surface area is 136 Å². The Bertz CT molecular complexity index is 994. The number of aromatic hydroxyl groups is 1. The number of rotatable bonds is 3. The summed E-state index contributed by atoms with van der Waals surface area (Å²) in [5, 5.41) is 14.5. The lowest BCUT2D eigenvalue weighted by Gasteiger charge is -2.05. The summed E-state index contributed by atoms with van der Waals surface area (Å²) in [6.45, 7) is 1.77. The Morgan fingerprint density at radius 1 is 1.29 bits per heavy atom. The third-order valence-electron chi connectivity index (χ3n) is 3.44. The van der Waals surface area contributed by atoms with Crippen molar-refractivity contribution in [3.05, 3.63) is 69.8 Å². The molecule has 1 amide bonds. The zero-order chi connectivity index (χ0) is 17.1. The Morgan fingerprint density at radius 2 is 2.04 bits per heavy atom. The first-order valence-corrected chi connectivity index (χ1v) is 7.06. The summed E-state index contributed by atoms with van der Waals surface area (Å²) in [4.78, 5) is 27.3. The zero-order valence-electron chi connectivity index (χ0n) is 12.7. The van der Waals surface area contributed by atoms with E-state index < -0.39 is 11.5 Å². The maximum absolute atomic E-state index is 11.9. The van der Waals surface area contributed by atoms with E-state index in [1.165, 1.54) is 30.7 Å². The summed E-state index contributed by atoms with van der Waals surface area (Å²) in [5.74, 6) is -0.538. The van der Waals surface area contributed by atoms with Gasteiger partial charge < -0.3 is 9.52 Å². The van der Waals surface area contributed by atoms with Crippen LogP contribution in [-0.4, -0.2) is 22.2 Å². The number of hydrogen-bond donors (Lipinski definition) is 2. The number of nitrogens with one attached hydrogen (secondary N) is 1. The van der Waals surface area contributed by atoms with E-state index in [0.717, 1.165) is 5.56 Å². The number of carbonyl (C=O) groups is 1. The van der Waals surface area contributed by atoms with Crippen molar-refractivity contribution in [2.75, 3.05) is 0 Å². The number of fused-ring (bicyclic) bond motifs is 1. The van der Waals surface area contributed by atoms with Gasteiger partial charge in [-0.25, -0.2) is 10.2 Å². The highest BCUT2D eigenvalue weighted by atomic mass is 16.4. The third kappa shape index (κ3) is 3.00. The van der Waals surface area contributed by atoms with E-state index in [1.807, 2.05) is 0 Å². The molecule has 120 valence electrons. The van der Waals surface area contributed by atoms with Crippen LogP contribution in [0.5, 0.6) is 5.75 Å². The molecule has 0 unspecified atom stereocenters. The van der Waals surface area contributed by atoms with Crippen molar-refractivity contribution in [2.24, 2.45) is 5.10 Å². The van der Waals surface area contributed by atoms with Crippen molar-refractivity contribution in [1.82, 2.24) is 10.4 Å². The molecule has 2 N–H and O–H groups in total. The molecule has 0 saturated carbocycles. The molecule has 24 heavy (non-hydrogen) atoms. The molecule has 2 aromatic heterocycles. The fraction of sp³-hybridized carbons (Fsp3) is 0.0588. The molecule has 3 aromatic rings. The summed E-state index contributed by atoms with van der Waals surface area (Å²) in [6.07, 6.45) is 4.22. The maximum atomic E-state index is 11.9. The van der Waals surface area contributed by atoms with Crippen LogP contribution in [0.4, 0.5) is 0 Å². The Hall–Kier alpha value is -3.48. The number of hydrazone groups is 1. The molecule has 0 saturated heterocycles. The van der Waals surface area contributed by atoms with Gasteiger partial charge in [-0.05, 0) is 36.8 Å². The second-order valence-corrected chi connectivity index (χ2v) is 5.06. The van der Waals surface area contributed by atoms with Crippen LogP contribution in [-0.2, 0) is 0 Å². The number of phenols is 1. The van der Waals surface area contributed by atoms with Crippen LogP contribution in [0.2, 0.25) is 0 Å². The molecule has 0 fully saturated rings. The number of aryl methyl sites for hydroxylation is 1. The predicted octanol–water partition coefficient (Wildman–Crippen LogP) is 1.97. The van der Waals surface area contributed by atoms with E-state index in [4.69, 9.17) is 4.42 Å². The zero-order valence-corrected chi connectivity index (χ0v) is 12.7. The molecule has 0 aliphatic carbocycles. The van der Waals surface area contributed by atoms with E-state index in [-0.39, 0.29) is 16.9 Å². The highest BCUT2D eigenvalue weighted by molar-refractivity contribution is 6.01. The number of carbonyl (C=O) groups excluding carboxylic acids is 1. The molecule has 1 aromatic carbocycles. The fourth-order valence-corrected chi connectivity index (χ4v) is 2.24. The van der Waals surface area contributed by atoms with E-state index in [9.17, 15) is 14.7 Å². The van der Waals surface area contributed by atoms with Gasteiger partial charge in [-0.2, -0.15) is 5.10 Å². The van der Waals surface area contributed by atoms with E-state index in [0.29, 0.717) is 10.9 Å². The molecule has 0 radical (unpaired) electrons. The number of nitrogens with zero attached hydrogens (tertiary/aromatic N) is 2. The quantitative estimate of drug-likeness (QED) is 0.435. The van der Waals surface area contributed by atoms with Gasteiger partial charge in [-0.3, -0.25) is 9.78 Å². The first kappa shape index (κ1) is 15.4. The van der Waals surface area contributed by atoms with Crippen LogP contribution in [0, 0.1) is 6.92 Å². The van der Waals surface area contributed by atoms with Gasteiger partial charge in [0, 0.05) is 29.4 Å². The summed E-state index contributed by atoms with van der Waals surface area (Å²) in [7, 11) is 0. The predicted molar refractivity (Wildman–Crippen MR) is 88.2 cm³/mol. The normalized spacial score (nSPS) is 11.0. The molecule has 0 atom stereocenters. The standard InChI is InChI=1S/C17H13N3O4/c1-10-8-15(22)24-16-12(10)2-3-14(21)13(16)9-19-20-17(23)11-4-6-18-7-5-11/h2-9,21H,1H3,(H,20,23). The molecular formula is C17H13N3O4. The summed E-state index contributed by atoms with van der Waals surface area (Å²) in [5.41, 5.74) is 3.35. The first-order valence-electron chi connectivity index (χ1n) is 7.06. The Balaban J connectivity index is 1.94. The van der Waals surface area contributed by atoms with Crippen LogP contribution in [0.25, 0.3) is 11.0 Å². The fourth-order valence-electron chi connectivity index (χ4n) is 2.24. The van der Waals surface area contributed by atoms with Crippen molar-refractivity contribution in [3.8, 4) is 5.75 Å². The molecule has 7 heteroatoms. The third-order valence-corrected chi connectivity index (χ3v) is 3.44. The molecule has 0 aliphatic heterocycles. The van der Waals surface area contributed by atoms with Crippen LogP contribution >= 0.6 is 0 Å². The number of amides is 1. The number of phenolic OH excluding ortho intramolecular Hbond substituents is 1. The second kappa shape index (κ2) is 6.33. The highest BCUT2D eigenvalue weighted by Gasteiger charge is 2.11. The molecule has 0 aliphatic rings. The van der Waals surface area contributed by atoms with Gasteiger partial charge >= 0.3 is 5.63 Å². The van der Waals surface area contributed by atoms with Crippen LogP contribution < -0.4 is 11.1 Å². The summed E-state index contributed by atoms with van der Waals surface area (Å²) in [6, 6.07) is 7.58. The van der Waals surface area contributed by atoms with Crippen LogP contribution in [0.1, 0.15) is 21.5 Å². The van der Waals surface area contributed by atoms with Gasteiger partial charge in [0.05, 0.1) is 11.8 Å². The minimum absolute atomic E-state index is 0.113. The van der Waals surface area contributed by atoms with Crippen molar-refractivity contribution in [1.29, 1.82) is 0 Å². The van der Waals surface area contributed by atoms with Crippen molar-refractivity contribution >= 4 is 23.1 Å². The molecule has 7 nitrogen and oxygen atoms in total. The SMILES string of the molecule is Cc1cc(=O)oc2c(C=NNC(=O)c3ccncc3)c(O)ccc12. The molecule has 0 bridgehead atoms. The van der Waals surface area contributed by atoms with Crippen molar-refractivity contribution < 1.29 is 14.3 Å². The topological polar surface area (TPSA) is 105 Å². The average molecular weight is 323 g/mol. The lowest BCUT2D eigenvalue weighted by Crippen LogP contribution is -2.17. The van der Waals surface area contributed by atoms with Gasteiger partial charge in [-0.15, -0.1) is 0 Å². The second-order valence-electron chi connectivity index (χ2n) is 5.06. The Morgan fingerprint density at radius 3 is 2.79 bits per heavy atom. The largest absolute Gasteiger partial charge is 0.507 e. The van der Waals surface area contributed by atoms with Gasteiger partial charge in [-0.1, -0.05) is 0 Å². The number of aromatic nitrogens is 1. The molecule has 3 rings (SSSR count). The average Bonchev–Trinajstić information content (AvgIpc) is 2.57. The number of hydrogen-bond acceptors (Lipinski definition) is 6. The minimum atomic E-state index is -0.527. The van der Waals surface area contributed by atoms with Crippen LogP contribution in [0.15, 0.2) is 57.0 Å². The summed E-state index contributed by atoms with van der Waals surface area (Å²) >= 11 is 0. The van der Waals surface area contributed by atoms with Gasteiger partial charge in [0.25, 0.3) is 5.91 Å². The van der Waals surface area contributed by atoms with Crippen molar-refractivity contribution in [3.63, 3.8) is 0 Å². The first-order chi connectivity index (χ1) is 11.6. The Kier molecular flexibility index (Phi) is 4.07. The minimum Gasteiger partial charge on any atom is -0.507 e. The van der Waals surface area contributed by atoms with Gasteiger partial charge in [0.15, 0.2) is 5.58 Å². The number of pyridine rings is 1. The lowest BCUT2D eigenvalue weighted by molar-refractivity contribution is 0.0955. The van der Waals surface area contributed by atoms with E-state index >= 15 is 0 Å². The van der Waals surface area contributed by atoms with E-state index in [1.54, 1.807) is 25.1 Å². The summed E-state index contributed by atoms with van der Waals surface area (Å²) < 4.78 is 5.17. The molecular weight excluding hydrogens is 310 g/mol. The maximum Gasteiger partial charge on any atom is 0.336 e. The molecule has 0 spiro atoms. The monoisotopic (exact) mass is 323 g/mol. The van der Waals surface area contributed by atoms with Crippen molar-refractivity contribution in [2.45, 2.75) is 6.92 Å². The number of benzene rings is 1. The smallest absolute Gasteiger partial charge is 0.336 e. The van der Waals surface area contributed by atoms with Crippen LogP contribution in [0.3, 0.4) is 0 Å². The lowest BCUT2D eigenvalue weighted by atomic mass is 10.1. The van der Waals surface area contributed by atoms with E-state index in [2.05, 4.69) is 15.5 Å². The van der Waals surface area contributed by atoms with Gasteiger partial charge in [0.2, 0.25) is 0 Å². The molecule has 2 heterocycles.